The van der Waals surface area contributed by atoms with Crippen LogP contribution in [-0.4, -0.2) is 51.4 Å². The minimum absolute atomic E-state index is 0.0343. The highest BCUT2D eigenvalue weighted by Gasteiger charge is 2.29. The van der Waals surface area contributed by atoms with Gasteiger partial charge >= 0.3 is 5.82 Å². The molecule has 0 saturated carbocycles. The smallest absolute Gasteiger partial charge is 0.323 e. The molecule has 7 nitrogen and oxygen atoms in total. The maximum Gasteiger partial charge on any atom is 0.323 e. The van der Waals surface area contributed by atoms with Crippen molar-refractivity contribution >= 4 is 27.7 Å². The number of amides is 1. The molecule has 1 amide bonds. The molecule has 2 heterocycles. The summed E-state index contributed by atoms with van der Waals surface area (Å²) in [5.41, 5.74) is 0.321. The van der Waals surface area contributed by atoms with Crippen LogP contribution < -0.4 is 0 Å². The number of carbonyl (C=O) groups excluding carboxylic acids is 1. The first-order chi connectivity index (χ1) is 9.04. The maximum atomic E-state index is 12.3. The lowest BCUT2D eigenvalue weighted by Crippen LogP contribution is -2.46. The third-order valence-electron chi connectivity index (χ3n) is 3.10. The molecule has 1 aliphatic heterocycles. The molecule has 0 radical (unpaired) electrons. The van der Waals surface area contributed by atoms with Crippen LogP contribution in [0.5, 0.6) is 0 Å². The molecule has 0 bridgehead atoms. The number of hydrogen-bond donors (Lipinski definition) is 0. The minimum atomic E-state index is -0.503. The van der Waals surface area contributed by atoms with Gasteiger partial charge in [0, 0.05) is 24.5 Å². The number of carbonyl (C=O) groups is 1. The van der Waals surface area contributed by atoms with E-state index in [1.165, 1.54) is 23.7 Å². The van der Waals surface area contributed by atoms with E-state index in [-0.39, 0.29) is 17.8 Å². The first-order valence-corrected chi connectivity index (χ1v) is 6.93. The molecule has 0 spiro atoms. The highest BCUT2D eigenvalue weighted by atomic mass is 79.9. The second kappa shape index (κ2) is 5.70. The zero-order valence-electron chi connectivity index (χ0n) is 10.4. The van der Waals surface area contributed by atoms with E-state index in [0.717, 1.165) is 0 Å². The fourth-order valence-electron chi connectivity index (χ4n) is 2.06. The second-order valence-corrected chi connectivity index (χ2v) is 4.94. The number of morpholine rings is 1. The Bertz CT molecular complexity index is 502. The summed E-state index contributed by atoms with van der Waals surface area (Å²) in [6.07, 6.45) is -0.0343. The van der Waals surface area contributed by atoms with Gasteiger partial charge < -0.3 is 19.8 Å². The van der Waals surface area contributed by atoms with E-state index in [1.54, 1.807) is 4.90 Å². The van der Waals surface area contributed by atoms with Gasteiger partial charge in [-0.2, -0.15) is 0 Å². The van der Waals surface area contributed by atoms with Crippen LogP contribution in [-0.2, 0) is 11.8 Å². The highest BCUT2D eigenvalue weighted by molar-refractivity contribution is 9.09. The summed E-state index contributed by atoms with van der Waals surface area (Å²) in [4.78, 5) is 24.3. The van der Waals surface area contributed by atoms with Gasteiger partial charge in [-0.15, -0.1) is 0 Å². The lowest BCUT2D eigenvalue weighted by atomic mass is 10.2. The number of ether oxygens (including phenoxy) is 1. The van der Waals surface area contributed by atoms with Crippen LogP contribution in [0.15, 0.2) is 12.1 Å². The van der Waals surface area contributed by atoms with Gasteiger partial charge in [-0.1, -0.05) is 15.9 Å². The maximum absolute atomic E-state index is 12.3. The van der Waals surface area contributed by atoms with Crippen LogP contribution in [0.4, 0.5) is 5.82 Å². The van der Waals surface area contributed by atoms with Gasteiger partial charge in [-0.05, 0) is 11.0 Å². The molecule has 1 aromatic heterocycles. The van der Waals surface area contributed by atoms with E-state index >= 15 is 0 Å². The van der Waals surface area contributed by atoms with Gasteiger partial charge in [0.25, 0.3) is 5.91 Å². The quantitative estimate of drug-likeness (QED) is 0.473. The van der Waals surface area contributed by atoms with Crippen molar-refractivity contribution in [2.45, 2.75) is 6.10 Å². The zero-order chi connectivity index (χ0) is 14.0. The molecule has 1 unspecified atom stereocenters. The van der Waals surface area contributed by atoms with E-state index in [1.807, 2.05) is 0 Å². The molecule has 1 aromatic rings. The summed E-state index contributed by atoms with van der Waals surface area (Å²) in [5, 5.41) is 11.4. The summed E-state index contributed by atoms with van der Waals surface area (Å²) in [6.45, 7) is 1.47. The van der Waals surface area contributed by atoms with Gasteiger partial charge in [0.2, 0.25) is 0 Å². The van der Waals surface area contributed by atoms with Crippen molar-refractivity contribution in [3.8, 4) is 0 Å². The van der Waals surface area contributed by atoms with Crippen molar-refractivity contribution in [3.05, 3.63) is 27.9 Å². The molecule has 0 N–H and O–H groups in total. The summed E-state index contributed by atoms with van der Waals surface area (Å²) in [7, 11) is 1.52. The first-order valence-electron chi connectivity index (χ1n) is 5.81. The average Bonchev–Trinajstić information content (AvgIpc) is 2.80. The van der Waals surface area contributed by atoms with E-state index in [0.29, 0.717) is 30.7 Å². The molecule has 1 fully saturated rings. The fraction of sp³-hybridized carbons (Fsp3) is 0.545. The molecular formula is C11H14BrN3O4. The molecule has 1 saturated heterocycles. The van der Waals surface area contributed by atoms with Crippen LogP contribution in [0, 0.1) is 10.1 Å². The molecule has 19 heavy (non-hydrogen) atoms. The Labute approximate surface area is 118 Å². The van der Waals surface area contributed by atoms with E-state index < -0.39 is 4.92 Å². The van der Waals surface area contributed by atoms with Crippen molar-refractivity contribution in [1.29, 1.82) is 0 Å². The second-order valence-electron chi connectivity index (χ2n) is 4.29. The number of halogens is 1. The lowest BCUT2D eigenvalue weighted by molar-refractivity contribution is -0.391. The lowest BCUT2D eigenvalue weighted by Gasteiger charge is -2.31. The van der Waals surface area contributed by atoms with Crippen molar-refractivity contribution in [2.24, 2.45) is 7.05 Å². The molecule has 1 aliphatic rings. The standard InChI is InChI=1S/C11H14BrN3O4/c1-13-9(2-3-10(13)15(17)18)11(16)14-4-5-19-8(6-12)7-14/h2-3,8H,4-7H2,1H3. The van der Waals surface area contributed by atoms with Crippen LogP contribution in [0.2, 0.25) is 0 Å². The molecule has 8 heteroatoms. The SMILES string of the molecule is Cn1c(C(=O)N2CCOC(CBr)C2)ccc1[N+](=O)[O-]. The zero-order valence-corrected chi connectivity index (χ0v) is 12.0. The molecule has 0 aliphatic carbocycles. The van der Waals surface area contributed by atoms with Gasteiger partial charge in [0.1, 0.15) is 0 Å². The monoisotopic (exact) mass is 331 g/mol. The van der Waals surface area contributed by atoms with E-state index in [2.05, 4.69) is 15.9 Å². The number of nitrogens with zero attached hydrogens (tertiary/aromatic N) is 3. The molecule has 0 aromatic carbocycles. The summed E-state index contributed by atoms with van der Waals surface area (Å²) < 4.78 is 6.77. The predicted octanol–water partition coefficient (Wildman–Crippen LogP) is 1.17. The largest absolute Gasteiger partial charge is 0.374 e. The third kappa shape index (κ3) is 2.79. The first kappa shape index (κ1) is 14.0. The van der Waals surface area contributed by atoms with Crippen molar-refractivity contribution in [1.82, 2.24) is 9.47 Å². The molecule has 104 valence electrons. The van der Waals surface area contributed by atoms with Gasteiger partial charge in [-0.3, -0.25) is 4.79 Å². The Hall–Kier alpha value is -1.41. The summed E-state index contributed by atoms with van der Waals surface area (Å²) >= 11 is 3.32. The number of aromatic nitrogens is 1. The third-order valence-corrected chi connectivity index (χ3v) is 3.82. The van der Waals surface area contributed by atoms with Gasteiger partial charge in [0.15, 0.2) is 5.69 Å². The highest BCUT2D eigenvalue weighted by Crippen LogP contribution is 2.18. The predicted molar refractivity (Wildman–Crippen MR) is 71.5 cm³/mol. The fourth-order valence-corrected chi connectivity index (χ4v) is 2.45. The van der Waals surface area contributed by atoms with E-state index in [9.17, 15) is 14.9 Å². The Morgan fingerprint density at radius 2 is 2.37 bits per heavy atom. The van der Waals surface area contributed by atoms with Crippen molar-refractivity contribution in [2.75, 3.05) is 25.0 Å². The Morgan fingerprint density at radius 1 is 1.63 bits per heavy atom. The topological polar surface area (TPSA) is 77.6 Å². The number of alkyl halides is 1. The molecule has 1 atom stereocenters. The Morgan fingerprint density at radius 3 is 2.95 bits per heavy atom. The Kier molecular flexibility index (Phi) is 4.20. The summed E-state index contributed by atoms with van der Waals surface area (Å²) in [6, 6.07) is 2.83. The van der Waals surface area contributed by atoms with Gasteiger partial charge in [0.05, 0.1) is 19.8 Å². The Balaban J connectivity index is 2.17. The van der Waals surface area contributed by atoms with Crippen LogP contribution >= 0.6 is 15.9 Å². The van der Waals surface area contributed by atoms with E-state index in [4.69, 9.17) is 4.74 Å². The molecular weight excluding hydrogens is 318 g/mol. The van der Waals surface area contributed by atoms with Gasteiger partial charge in [-0.25, -0.2) is 4.57 Å². The van der Waals surface area contributed by atoms with Crippen LogP contribution in [0.1, 0.15) is 10.5 Å². The molecule has 2 rings (SSSR count). The summed E-state index contributed by atoms with van der Waals surface area (Å²) in [5.74, 6) is -0.293. The van der Waals surface area contributed by atoms with Crippen LogP contribution in [0.3, 0.4) is 0 Å². The number of nitro groups is 1. The average molecular weight is 332 g/mol. The number of hydrogen-bond acceptors (Lipinski definition) is 4. The van der Waals surface area contributed by atoms with Crippen molar-refractivity contribution in [3.63, 3.8) is 0 Å². The normalized spacial score (nSPS) is 19.5. The minimum Gasteiger partial charge on any atom is -0.374 e. The van der Waals surface area contributed by atoms with Crippen molar-refractivity contribution < 1.29 is 14.5 Å². The number of rotatable bonds is 3. The van der Waals surface area contributed by atoms with Crippen LogP contribution in [0.25, 0.3) is 0 Å².